The molecule has 3 heterocycles. The zero-order valence-electron chi connectivity index (χ0n) is 23.1. The third kappa shape index (κ3) is 10.3. The van der Waals surface area contributed by atoms with E-state index in [0.717, 1.165) is 51.1 Å². The van der Waals surface area contributed by atoms with E-state index in [4.69, 9.17) is 21.5 Å². The number of rotatable bonds is 8. The minimum atomic E-state index is -5.08. The molecule has 9 nitrogen and oxygen atoms in total. The van der Waals surface area contributed by atoms with Crippen molar-refractivity contribution >= 4 is 35.1 Å². The Morgan fingerprint density at radius 2 is 1.73 bits per heavy atom. The zero-order chi connectivity index (χ0) is 30.0. The number of hydrogen-bond acceptors (Lipinski definition) is 5. The van der Waals surface area contributed by atoms with Crippen LogP contribution in [0.5, 0.6) is 0 Å². The molecule has 0 aliphatic carbocycles. The van der Waals surface area contributed by atoms with Gasteiger partial charge in [0, 0.05) is 62.1 Å². The van der Waals surface area contributed by atoms with Crippen LogP contribution in [0, 0.1) is 11.8 Å². The van der Waals surface area contributed by atoms with Gasteiger partial charge >= 0.3 is 12.1 Å². The molecule has 1 aromatic carbocycles. The van der Waals surface area contributed by atoms with E-state index in [0.29, 0.717) is 30.6 Å². The maximum Gasteiger partial charge on any atom is 0.490 e. The number of alkyl halides is 3. The Morgan fingerprint density at radius 1 is 1.07 bits per heavy atom. The highest BCUT2D eigenvalue weighted by Crippen LogP contribution is 2.26. The Morgan fingerprint density at radius 3 is 2.27 bits per heavy atom. The molecule has 0 radical (unpaired) electrons. The van der Waals surface area contributed by atoms with Gasteiger partial charge in [0.2, 0.25) is 11.8 Å². The van der Waals surface area contributed by atoms with Crippen molar-refractivity contribution in [3.8, 4) is 0 Å². The summed E-state index contributed by atoms with van der Waals surface area (Å²) in [4.78, 5) is 40.4. The zero-order valence-corrected chi connectivity index (χ0v) is 23.9. The van der Waals surface area contributed by atoms with Gasteiger partial charge in [0.05, 0.1) is 0 Å². The summed E-state index contributed by atoms with van der Waals surface area (Å²) in [6, 6.07) is 9.57. The number of piperidine rings is 2. The molecular weight excluding hydrogens is 563 g/mol. The average molecular weight is 600 g/mol. The molecule has 0 unspecified atom stereocenters. The van der Waals surface area contributed by atoms with Gasteiger partial charge in [-0.15, -0.1) is 0 Å². The number of aromatic nitrogens is 2. The minimum Gasteiger partial charge on any atom is -0.475 e. The van der Waals surface area contributed by atoms with Gasteiger partial charge < -0.3 is 19.8 Å². The number of aliphatic carboxylic acids is 1. The summed E-state index contributed by atoms with van der Waals surface area (Å²) in [7, 11) is 0. The Bertz CT molecular complexity index is 1130. The predicted molar refractivity (Wildman–Crippen MR) is 148 cm³/mol. The number of carbonyl (C=O) groups is 3. The quantitative estimate of drug-likeness (QED) is 0.478. The number of benzene rings is 1. The van der Waals surface area contributed by atoms with Crippen LogP contribution in [-0.2, 0) is 20.9 Å². The van der Waals surface area contributed by atoms with Crippen LogP contribution in [0.2, 0.25) is 5.02 Å². The highest BCUT2D eigenvalue weighted by atomic mass is 35.5. The van der Waals surface area contributed by atoms with Crippen LogP contribution in [0.3, 0.4) is 0 Å². The minimum absolute atomic E-state index is 0.0485. The van der Waals surface area contributed by atoms with E-state index in [1.165, 1.54) is 12.8 Å². The van der Waals surface area contributed by atoms with Gasteiger partial charge in [-0.25, -0.2) is 4.79 Å². The van der Waals surface area contributed by atoms with Gasteiger partial charge in [-0.05, 0) is 81.9 Å². The molecular formula is C28H37ClF3N5O4. The molecule has 13 heteroatoms. The van der Waals surface area contributed by atoms with E-state index >= 15 is 0 Å². The molecule has 0 spiro atoms. The van der Waals surface area contributed by atoms with Crippen LogP contribution in [-0.4, -0.2) is 87.9 Å². The van der Waals surface area contributed by atoms with Crippen molar-refractivity contribution in [2.75, 3.05) is 44.2 Å². The molecule has 1 aromatic heterocycles. The lowest BCUT2D eigenvalue weighted by molar-refractivity contribution is -0.192. The van der Waals surface area contributed by atoms with E-state index in [-0.39, 0.29) is 17.7 Å². The summed E-state index contributed by atoms with van der Waals surface area (Å²) in [5.74, 6) is -1.88. The number of carbonyl (C=O) groups excluding carboxylic acids is 2. The fourth-order valence-electron chi connectivity index (χ4n) is 5.19. The van der Waals surface area contributed by atoms with Crippen molar-refractivity contribution in [3.63, 3.8) is 0 Å². The number of likely N-dealkylation sites (tertiary alicyclic amines) is 2. The predicted octanol–water partition coefficient (Wildman–Crippen LogP) is 4.56. The molecule has 2 fully saturated rings. The third-order valence-electron chi connectivity index (χ3n) is 7.49. The van der Waals surface area contributed by atoms with Crippen LogP contribution in [0.4, 0.5) is 18.9 Å². The molecule has 2 amide bonds. The summed E-state index contributed by atoms with van der Waals surface area (Å²) >= 11 is 6.26. The molecule has 0 atom stereocenters. The van der Waals surface area contributed by atoms with Gasteiger partial charge in [0.25, 0.3) is 0 Å². The van der Waals surface area contributed by atoms with Crippen LogP contribution >= 0.6 is 11.6 Å². The number of carboxylic acid groups (broad SMARTS) is 1. The van der Waals surface area contributed by atoms with Crippen molar-refractivity contribution < 1.29 is 32.7 Å². The Hall–Kier alpha value is -3.12. The molecule has 1 N–H and O–H groups in total. The summed E-state index contributed by atoms with van der Waals surface area (Å²) < 4.78 is 33.8. The van der Waals surface area contributed by atoms with Crippen molar-refractivity contribution in [1.82, 2.24) is 19.6 Å². The maximum atomic E-state index is 13.5. The third-order valence-corrected chi connectivity index (χ3v) is 7.72. The highest BCUT2D eigenvalue weighted by molar-refractivity contribution is 6.30. The van der Waals surface area contributed by atoms with E-state index in [1.807, 2.05) is 57.2 Å². The van der Waals surface area contributed by atoms with Gasteiger partial charge in [-0.3, -0.25) is 14.3 Å². The van der Waals surface area contributed by atoms with Crippen molar-refractivity contribution in [1.29, 1.82) is 0 Å². The number of nitrogens with zero attached hydrogens (tertiary/aromatic N) is 5. The summed E-state index contributed by atoms with van der Waals surface area (Å²) in [6.07, 6.45) is 3.54. The monoisotopic (exact) mass is 599 g/mol. The van der Waals surface area contributed by atoms with Crippen LogP contribution in [0.1, 0.15) is 39.0 Å². The standard InChI is InChI=1S/C26H36ClN5O2.C2HF3O2/c1-21(33)30-17-9-23(10-18-30)26(34)32(25-6-2-5-24(27)19-25)14-4-12-29-15-7-22(8-16-29)20-31-13-3-11-28-31;3-2(4,5)1(6)7/h2-3,5-6,11,13,19,22-23H,4,7-10,12,14-18,20H2,1H3;(H,6,7). The van der Waals surface area contributed by atoms with E-state index in [9.17, 15) is 22.8 Å². The first-order chi connectivity index (χ1) is 19.4. The first kappa shape index (κ1) is 32.4. The molecule has 2 aromatic rings. The van der Waals surface area contributed by atoms with Crippen molar-refractivity contribution in [2.45, 2.75) is 51.7 Å². The van der Waals surface area contributed by atoms with Gasteiger partial charge in [0.1, 0.15) is 0 Å². The van der Waals surface area contributed by atoms with Crippen LogP contribution < -0.4 is 4.90 Å². The van der Waals surface area contributed by atoms with Crippen molar-refractivity contribution in [3.05, 3.63) is 47.7 Å². The largest absolute Gasteiger partial charge is 0.490 e. The highest BCUT2D eigenvalue weighted by Gasteiger charge is 2.38. The normalized spacial score (nSPS) is 17.0. The topological polar surface area (TPSA) is 99.0 Å². The molecule has 41 heavy (non-hydrogen) atoms. The number of halogens is 4. The lowest BCUT2D eigenvalue weighted by atomic mass is 9.94. The fourth-order valence-corrected chi connectivity index (χ4v) is 5.37. The Kier molecular flexibility index (Phi) is 12.0. The van der Waals surface area contributed by atoms with E-state index < -0.39 is 12.1 Å². The second-order valence-corrected chi connectivity index (χ2v) is 10.9. The SMILES string of the molecule is CC(=O)N1CCC(C(=O)N(CCCN2CCC(Cn3cccn3)CC2)c2cccc(Cl)c2)CC1.O=C(O)C(F)(F)F. The van der Waals surface area contributed by atoms with E-state index in [1.54, 1.807) is 6.92 Å². The Balaban J connectivity index is 0.000000587. The van der Waals surface area contributed by atoms with Crippen molar-refractivity contribution in [2.24, 2.45) is 11.8 Å². The molecule has 0 bridgehead atoms. The van der Waals surface area contributed by atoms with Gasteiger partial charge in [-0.2, -0.15) is 18.3 Å². The lowest BCUT2D eigenvalue weighted by Crippen LogP contribution is -2.45. The average Bonchev–Trinajstić information content (AvgIpc) is 3.45. The number of anilines is 1. The second kappa shape index (κ2) is 15.2. The maximum absolute atomic E-state index is 13.5. The first-order valence-corrected chi connectivity index (χ1v) is 14.1. The molecule has 226 valence electrons. The van der Waals surface area contributed by atoms with Crippen LogP contribution in [0.25, 0.3) is 0 Å². The summed E-state index contributed by atoms with van der Waals surface area (Å²) in [5, 5.41) is 12.1. The number of hydrogen-bond donors (Lipinski definition) is 1. The molecule has 4 rings (SSSR count). The van der Waals surface area contributed by atoms with Gasteiger partial charge in [-0.1, -0.05) is 17.7 Å². The fraction of sp³-hybridized carbons (Fsp3) is 0.571. The molecule has 0 saturated carbocycles. The lowest BCUT2D eigenvalue weighted by Gasteiger charge is -2.35. The number of carboxylic acids is 1. The summed E-state index contributed by atoms with van der Waals surface area (Å²) in [6.45, 7) is 7.77. The van der Waals surface area contributed by atoms with E-state index in [2.05, 4.69) is 10.00 Å². The Labute approximate surface area is 242 Å². The molecule has 2 aliphatic rings. The second-order valence-electron chi connectivity index (χ2n) is 10.4. The van der Waals surface area contributed by atoms with Crippen LogP contribution in [0.15, 0.2) is 42.7 Å². The smallest absolute Gasteiger partial charge is 0.475 e. The molecule has 2 aliphatic heterocycles. The number of amides is 2. The summed E-state index contributed by atoms with van der Waals surface area (Å²) in [5.41, 5.74) is 0.865. The first-order valence-electron chi connectivity index (χ1n) is 13.8. The van der Waals surface area contributed by atoms with Gasteiger partial charge in [0.15, 0.2) is 0 Å². The molecule has 2 saturated heterocycles.